The van der Waals surface area contributed by atoms with Crippen molar-refractivity contribution in [3.05, 3.63) is 30.3 Å². The topological polar surface area (TPSA) is 107 Å². The monoisotopic (exact) mass is 261 g/mol. The van der Waals surface area contributed by atoms with Gasteiger partial charge in [0.1, 0.15) is 0 Å². The molecule has 0 saturated heterocycles. The summed E-state index contributed by atoms with van der Waals surface area (Å²) in [6.45, 7) is 0.0145. The average molecular weight is 261 g/mol. The van der Waals surface area contributed by atoms with Crippen molar-refractivity contribution in [2.45, 2.75) is 23.7 Å². The molecule has 0 saturated carbocycles. The van der Waals surface area contributed by atoms with Gasteiger partial charge in [0.05, 0.1) is 4.90 Å². The zero-order valence-electron chi connectivity index (χ0n) is 9.07. The molecule has 1 aromatic rings. The van der Waals surface area contributed by atoms with Gasteiger partial charge in [0, 0.05) is 13.0 Å². The summed E-state index contributed by atoms with van der Waals surface area (Å²) >= 11 is 0. The lowest BCUT2D eigenvalue weighted by atomic mass is 10.3. The first-order valence-electron chi connectivity index (χ1n) is 5.03. The van der Waals surface area contributed by atoms with E-state index < -0.39 is 16.0 Å². The summed E-state index contributed by atoms with van der Waals surface area (Å²) in [4.78, 5) is 0.142. The molecule has 96 valence electrons. The Hall–Kier alpha value is -0.990. The van der Waals surface area contributed by atoms with Crippen LogP contribution in [-0.4, -0.2) is 36.3 Å². The van der Waals surface area contributed by atoms with E-state index in [1.807, 2.05) is 0 Å². The maximum Gasteiger partial charge on any atom is 0.275 e. The van der Waals surface area contributed by atoms with Crippen LogP contribution < -0.4 is 4.72 Å². The molecule has 0 unspecified atom stereocenters. The molecule has 0 aromatic heterocycles. The third kappa shape index (κ3) is 5.24. The molecule has 4 N–H and O–H groups in total. The molecule has 0 aliphatic rings. The normalized spacial score (nSPS) is 12.6. The highest BCUT2D eigenvalue weighted by molar-refractivity contribution is 7.89. The van der Waals surface area contributed by atoms with Crippen LogP contribution in [0.5, 0.6) is 0 Å². The molecule has 7 heteroatoms. The Labute approximate surface area is 99.6 Å². The highest BCUT2D eigenvalue weighted by Gasteiger charge is 2.18. The fourth-order valence-corrected chi connectivity index (χ4v) is 2.31. The standard InChI is InChI=1S/C10H15NO5S/c12-10(13,14)7-4-8-11-17(15,16)9-5-2-1-3-6-9/h1-3,5-6,11-14H,4,7-8H2. The molecule has 0 atom stereocenters. The van der Waals surface area contributed by atoms with Crippen LogP contribution in [0.2, 0.25) is 0 Å². The van der Waals surface area contributed by atoms with Crippen molar-refractivity contribution < 1.29 is 23.7 Å². The van der Waals surface area contributed by atoms with E-state index in [0.717, 1.165) is 0 Å². The number of nitrogens with one attached hydrogen (secondary N) is 1. The average Bonchev–Trinajstić information content (AvgIpc) is 2.25. The van der Waals surface area contributed by atoms with E-state index in [9.17, 15) is 8.42 Å². The molecule has 0 heterocycles. The van der Waals surface area contributed by atoms with Crippen LogP contribution >= 0.6 is 0 Å². The van der Waals surface area contributed by atoms with Crippen LogP contribution in [0.4, 0.5) is 0 Å². The van der Waals surface area contributed by atoms with Crippen LogP contribution in [-0.2, 0) is 10.0 Å². The van der Waals surface area contributed by atoms with Crippen LogP contribution in [0.3, 0.4) is 0 Å². The second-order valence-corrected chi connectivity index (χ2v) is 5.36. The van der Waals surface area contributed by atoms with Crippen molar-refractivity contribution >= 4 is 10.0 Å². The molecule has 1 rings (SSSR count). The Morgan fingerprint density at radius 3 is 2.24 bits per heavy atom. The van der Waals surface area contributed by atoms with Gasteiger partial charge in [0.15, 0.2) is 0 Å². The molecule has 0 radical (unpaired) electrons. The molecule has 1 aromatic carbocycles. The van der Waals surface area contributed by atoms with Gasteiger partial charge in [-0.15, -0.1) is 0 Å². The summed E-state index contributed by atoms with van der Waals surface area (Å²) < 4.78 is 25.6. The van der Waals surface area contributed by atoms with Crippen molar-refractivity contribution in [3.63, 3.8) is 0 Å². The molecule has 0 aliphatic heterocycles. The fraction of sp³-hybridized carbons (Fsp3) is 0.400. The Bertz CT molecular complexity index is 438. The van der Waals surface area contributed by atoms with Gasteiger partial charge in [-0.05, 0) is 18.6 Å². The summed E-state index contributed by atoms with van der Waals surface area (Å²) in [6, 6.07) is 7.83. The van der Waals surface area contributed by atoms with Gasteiger partial charge in [-0.25, -0.2) is 13.1 Å². The van der Waals surface area contributed by atoms with E-state index in [4.69, 9.17) is 15.3 Å². The molecule has 0 spiro atoms. The molecule has 0 aliphatic carbocycles. The van der Waals surface area contributed by atoms with E-state index in [-0.39, 0.29) is 24.3 Å². The Kier molecular flexibility index (Phi) is 4.61. The first-order valence-corrected chi connectivity index (χ1v) is 6.51. The van der Waals surface area contributed by atoms with Gasteiger partial charge in [-0.2, -0.15) is 0 Å². The van der Waals surface area contributed by atoms with Crippen molar-refractivity contribution in [2.24, 2.45) is 0 Å². The number of rotatable bonds is 6. The van der Waals surface area contributed by atoms with Crippen LogP contribution in [0.1, 0.15) is 12.8 Å². The first kappa shape index (κ1) is 14.1. The highest BCUT2D eigenvalue weighted by atomic mass is 32.2. The van der Waals surface area contributed by atoms with Crippen molar-refractivity contribution in [1.82, 2.24) is 4.72 Å². The number of sulfonamides is 1. The predicted octanol–water partition coefficient (Wildman–Crippen LogP) is -0.624. The van der Waals surface area contributed by atoms with E-state index in [1.54, 1.807) is 18.2 Å². The van der Waals surface area contributed by atoms with Crippen molar-refractivity contribution in [3.8, 4) is 0 Å². The Balaban J connectivity index is 2.47. The fourth-order valence-electron chi connectivity index (χ4n) is 1.22. The van der Waals surface area contributed by atoms with Crippen LogP contribution in [0.15, 0.2) is 35.2 Å². The van der Waals surface area contributed by atoms with E-state index in [0.29, 0.717) is 0 Å². The van der Waals surface area contributed by atoms with Gasteiger partial charge >= 0.3 is 0 Å². The first-order chi connectivity index (χ1) is 7.81. The third-order valence-electron chi connectivity index (χ3n) is 2.03. The van der Waals surface area contributed by atoms with Gasteiger partial charge < -0.3 is 15.3 Å². The van der Waals surface area contributed by atoms with Gasteiger partial charge in [-0.3, -0.25) is 0 Å². The summed E-state index contributed by atoms with van der Waals surface area (Å²) in [7, 11) is -3.57. The molecular formula is C10H15NO5S. The minimum Gasteiger partial charge on any atom is -0.344 e. The SMILES string of the molecule is O=S(=O)(NCCCC(O)(O)O)c1ccccc1. The number of hydrogen-bond acceptors (Lipinski definition) is 5. The highest BCUT2D eigenvalue weighted by Crippen LogP contribution is 2.08. The maximum absolute atomic E-state index is 11.7. The Morgan fingerprint density at radius 1 is 1.12 bits per heavy atom. The summed E-state index contributed by atoms with van der Waals surface area (Å²) in [5, 5.41) is 25.8. The van der Waals surface area contributed by atoms with Crippen LogP contribution in [0.25, 0.3) is 0 Å². The minimum atomic E-state index is -3.57. The molecular weight excluding hydrogens is 246 g/mol. The lowest BCUT2D eigenvalue weighted by molar-refractivity contribution is -0.314. The van der Waals surface area contributed by atoms with E-state index >= 15 is 0 Å². The second kappa shape index (κ2) is 5.56. The summed E-state index contributed by atoms with van der Waals surface area (Å²) in [6.07, 6.45) is -0.222. The van der Waals surface area contributed by atoms with Gasteiger partial charge in [-0.1, -0.05) is 18.2 Å². The Morgan fingerprint density at radius 2 is 1.71 bits per heavy atom. The van der Waals surface area contributed by atoms with Gasteiger partial charge in [0.2, 0.25) is 10.0 Å². The zero-order chi connectivity index (χ0) is 12.9. The number of benzene rings is 1. The lowest BCUT2D eigenvalue weighted by Crippen LogP contribution is -2.30. The molecule has 6 nitrogen and oxygen atoms in total. The van der Waals surface area contributed by atoms with Gasteiger partial charge in [0.25, 0.3) is 5.97 Å². The van der Waals surface area contributed by atoms with Crippen molar-refractivity contribution in [2.75, 3.05) is 6.54 Å². The quantitative estimate of drug-likeness (QED) is 0.403. The molecule has 0 amide bonds. The predicted molar refractivity (Wildman–Crippen MR) is 60.3 cm³/mol. The number of hydrogen-bond donors (Lipinski definition) is 4. The lowest BCUT2D eigenvalue weighted by Gasteiger charge is -2.13. The van der Waals surface area contributed by atoms with Crippen LogP contribution in [0, 0.1) is 0 Å². The molecule has 0 fully saturated rings. The molecule has 17 heavy (non-hydrogen) atoms. The second-order valence-electron chi connectivity index (χ2n) is 3.59. The summed E-state index contributed by atoms with van der Waals surface area (Å²) in [5.74, 6) is -2.75. The largest absolute Gasteiger partial charge is 0.344 e. The van der Waals surface area contributed by atoms with E-state index in [1.165, 1.54) is 12.1 Å². The smallest absolute Gasteiger partial charge is 0.275 e. The summed E-state index contributed by atoms with van der Waals surface area (Å²) in [5.41, 5.74) is 0. The van der Waals surface area contributed by atoms with Crippen molar-refractivity contribution in [1.29, 1.82) is 0 Å². The minimum absolute atomic E-state index is 0.0145. The third-order valence-corrected chi connectivity index (χ3v) is 3.51. The number of aliphatic hydroxyl groups is 3. The molecule has 0 bridgehead atoms. The maximum atomic E-state index is 11.7. The van der Waals surface area contributed by atoms with E-state index in [2.05, 4.69) is 4.72 Å². The zero-order valence-corrected chi connectivity index (χ0v) is 9.89.